The molecule has 0 bridgehead atoms. The molecule has 17 heavy (non-hydrogen) atoms. The lowest BCUT2D eigenvalue weighted by molar-refractivity contribution is 0.173. The molecule has 3 nitrogen and oxygen atoms in total. The van der Waals surface area contributed by atoms with Gasteiger partial charge in [-0.25, -0.2) is 0 Å². The lowest BCUT2D eigenvalue weighted by Gasteiger charge is -2.27. The van der Waals surface area contributed by atoms with Crippen LogP contribution in [-0.2, 0) is 0 Å². The lowest BCUT2D eigenvalue weighted by atomic mass is 10.1. The first-order chi connectivity index (χ1) is 8.24. The molecule has 0 spiro atoms. The second kappa shape index (κ2) is 4.71. The Morgan fingerprint density at radius 2 is 2.29 bits per heavy atom. The Morgan fingerprint density at radius 3 is 3.06 bits per heavy atom. The van der Waals surface area contributed by atoms with Gasteiger partial charge in [-0.15, -0.1) is 11.8 Å². The number of ether oxygens (including phenoxy) is 2. The van der Waals surface area contributed by atoms with Gasteiger partial charge in [-0.3, -0.25) is 0 Å². The molecule has 2 aliphatic rings. The minimum Gasteiger partial charge on any atom is -0.454 e. The maximum Gasteiger partial charge on any atom is 0.231 e. The van der Waals surface area contributed by atoms with Crippen LogP contribution in [0.25, 0.3) is 0 Å². The standard InChI is InChI=1S/C12H14BrNO2S/c1-7-4-14-12(17-5-7)8-2-9(13)11-10(3-8)15-6-16-11/h2-3,7,12,14H,4-6H2,1H3. The summed E-state index contributed by atoms with van der Waals surface area (Å²) in [7, 11) is 0. The number of nitrogens with one attached hydrogen (secondary N) is 1. The molecular weight excluding hydrogens is 302 g/mol. The van der Waals surface area contributed by atoms with Gasteiger partial charge in [-0.1, -0.05) is 6.92 Å². The first kappa shape index (κ1) is 11.7. The van der Waals surface area contributed by atoms with Gasteiger partial charge < -0.3 is 14.8 Å². The smallest absolute Gasteiger partial charge is 0.231 e. The highest BCUT2D eigenvalue weighted by atomic mass is 79.9. The Labute approximate surface area is 113 Å². The largest absolute Gasteiger partial charge is 0.454 e. The van der Waals surface area contributed by atoms with Crippen LogP contribution in [0.4, 0.5) is 0 Å². The van der Waals surface area contributed by atoms with Gasteiger partial charge in [-0.05, 0) is 51.8 Å². The molecule has 3 rings (SSSR count). The van der Waals surface area contributed by atoms with Crippen molar-refractivity contribution >= 4 is 27.7 Å². The molecule has 2 aliphatic heterocycles. The zero-order valence-electron chi connectivity index (χ0n) is 9.53. The van der Waals surface area contributed by atoms with Crippen molar-refractivity contribution in [3.8, 4) is 11.5 Å². The number of hydrogen-bond acceptors (Lipinski definition) is 4. The van der Waals surface area contributed by atoms with Crippen molar-refractivity contribution in [2.45, 2.75) is 12.3 Å². The Kier molecular flexibility index (Phi) is 3.23. The van der Waals surface area contributed by atoms with E-state index in [4.69, 9.17) is 9.47 Å². The summed E-state index contributed by atoms with van der Waals surface area (Å²) in [5.74, 6) is 3.61. The van der Waals surface area contributed by atoms with E-state index in [1.807, 2.05) is 11.8 Å². The highest BCUT2D eigenvalue weighted by Crippen LogP contribution is 2.43. The molecule has 0 aliphatic carbocycles. The van der Waals surface area contributed by atoms with Crippen LogP contribution in [0.3, 0.4) is 0 Å². The van der Waals surface area contributed by atoms with Crippen molar-refractivity contribution in [1.82, 2.24) is 5.32 Å². The maximum atomic E-state index is 5.44. The van der Waals surface area contributed by atoms with Crippen LogP contribution in [-0.4, -0.2) is 19.1 Å². The van der Waals surface area contributed by atoms with Gasteiger partial charge >= 0.3 is 0 Å². The molecule has 1 fully saturated rings. The molecule has 0 amide bonds. The first-order valence-corrected chi connectivity index (χ1v) is 7.52. The van der Waals surface area contributed by atoms with Gasteiger partial charge in [0, 0.05) is 0 Å². The van der Waals surface area contributed by atoms with Gasteiger partial charge in [0.25, 0.3) is 0 Å². The molecule has 0 aromatic heterocycles. The second-order valence-corrected chi connectivity index (χ2v) is 6.46. The third-order valence-corrected chi connectivity index (χ3v) is 5.07. The van der Waals surface area contributed by atoms with Crippen LogP contribution in [0.15, 0.2) is 16.6 Å². The summed E-state index contributed by atoms with van der Waals surface area (Å²) >= 11 is 5.48. The predicted molar refractivity (Wildman–Crippen MR) is 72.6 cm³/mol. The third-order valence-electron chi connectivity index (χ3n) is 2.95. The Bertz CT molecular complexity index is 433. The van der Waals surface area contributed by atoms with Crippen molar-refractivity contribution < 1.29 is 9.47 Å². The number of thioether (sulfide) groups is 1. The molecule has 0 saturated carbocycles. The number of hydrogen-bond donors (Lipinski definition) is 1. The number of benzene rings is 1. The average Bonchev–Trinajstić information content (AvgIpc) is 2.78. The number of fused-ring (bicyclic) bond motifs is 1. The molecule has 2 atom stereocenters. The topological polar surface area (TPSA) is 30.5 Å². The molecule has 5 heteroatoms. The summed E-state index contributed by atoms with van der Waals surface area (Å²) in [6.45, 7) is 3.66. The highest BCUT2D eigenvalue weighted by Gasteiger charge is 2.24. The van der Waals surface area contributed by atoms with E-state index >= 15 is 0 Å². The molecule has 1 saturated heterocycles. The molecule has 2 heterocycles. The van der Waals surface area contributed by atoms with Crippen molar-refractivity contribution in [3.63, 3.8) is 0 Å². The van der Waals surface area contributed by atoms with Crippen molar-refractivity contribution in [2.75, 3.05) is 19.1 Å². The van der Waals surface area contributed by atoms with Crippen molar-refractivity contribution in [1.29, 1.82) is 0 Å². The SMILES string of the molecule is CC1CNC(c2cc(Br)c3c(c2)OCO3)SC1. The summed E-state index contributed by atoms with van der Waals surface area (Å²) in [6.07, 6.45) is 0. The molecule has 92 valence electrons. The summed E-state index contributed by atoms with van der Waals surface area (Å²) in [4.78, 5) is 0. The molecule has 2 unspecified atom stereocenters. The van der Waals surface area contributed by atoms with E-state index in [0.717, 1.165) is 28.4 Å². The Morgan fingerprint density at radius 1 is 1.41 bits per heavy atom. The molecule has 1 aromatic rings. The molecular formula is C12H14BrNO2S. The first-order valence-electron chi connectivity index (χ1n) is 5.68. The number of halogens is 1. The summed E-state index contributed by atoms with van der Waals surface area (Å²) in [5.41, 5.74) is 1.25. The second-order valence-electron chi connectivity index (χ2n) is 4.46. The highest BCUT2D eigenvalue weighted by molar-refractivity contribution is 9.10. The minimum atomic E-state index is 0.319. The van der Waals surface area contributed by atoms with Gasteiger partial charge in [0.05, 0.1) is 9.85 Å². The Balaban J connectivity index is 1.86. The fourth-order valence-electron chi connectivity index (χ4n) is 2.04. The van der Waals surface area contributed by atoms with Crippen molar-refractivity contribution in [3.05, 3.63) is 22.2 Å². The van der Waals surface area contributed by atoms with E-state index in [-0.39, 0.29) is 0 Å². The van der Waals surface area contributed by atoms with Crippen LogP contribution in [0.1, 0.15) is 17.9 Å². The van der Waals surface area contributed by atoms with Crippen LogP contribution in [0, 0.1) is 5.92 Å². The van der Waals surface area contributed by atoms with Gasteiger partial charge in [0.2, 0.25) is 6.79 Å². The van der Waals surface area contributed by atoms with Crippen LogP contribution in [0.5, 0.6) is 11.5 Å². The van der Waals surface area contributed by atoms with Gasteiger partial charge in [0.15, 0.2) is 11.5 Å². The third kappa shape index (κ3) is 2.28. The van der Waals surface area contributed by atoms with Crippen LogP contribution >= 0.6 is 27.7 Å². The normalized spacial score (nSPS) is 27.2. The van der Waals surface area contributed by atoms with E-state index in [9.17, 15) is 0 Å². The van der Waals surface area contributed by atoms with E-state index < -0.39 is 0 Å². The molecule has 0 radical (unpaired) electrons. The van der Waals surface area contributed by atoms with Gasteiger partial charge in [-0.2, -0.15) is 0 Å². The van der Waals surface area contributed by atoms with Crippen molar-refractivity contribution in [2.24, 2.45) is 5.92 Å². The van der Waals surface area contributed by atoms with E-state index in [0.29, 0.717) is 12.2 Å². The predicted octanol–water partition coefficient (Wildman–Crippen LogP) is 3.15. The zero-order valence-corrected chi connectivity index (χ0v) is 11.9. The number of rotatable bonds is 1. The van der Waals surface area contributed by atoms with Gasteiger partial charge in [0.1, 0.15) is 0 Å². The molecule has 1 aromatic carbocycles. The average molecular weight is 316 g/mol. The maximum absolute atomic E-state index is 5.44. The summed E-state index contributed by atoms with van der Waals surface area (Å²) in [6, 6.07) is 4.20. The lowest BCUT2D eigenvalue weighted by Crippen LogP contribution is -2.31. The zero-order chi connectivity index (χ0) is 11.8. The molecule has 1 N–H and O–H groups in total. The van der Waals surface area contributed by atoms with E-state index in [1.54, 1.807) is 0 Å². The van der Waals surface area contributed by atoms with Crippen LogP contribution in [0.2, 0.25) is 0 Å². The fourth-order valence-corrected chi connectivity index (χ4v) is 3.79. The van der Waals surface area contributed by atoms with E-state index in [2.05, 4.69) is 40.3 Å². The summed E-state index contributed by atoms with van der Waals surface area (Å²) < 4.78 is 11.8. The quantitative estimate of drug-likeness (QED) is 0.862. The fraction of sp³-hybridized carbons (Fsp3) is 0.500. The monoisotopic (exact) mass is 315 g/mol. The minimum absolute atomic E-state index is 0.319. The Hall–Kier alpha value is -0.390. The van der Waals surface area contributed by atoms with E-state index in [1.165, 1.54) is 11.3 Å². The van der Waals surface area contributed by atoms with Crippen LogP contribution < -0.4 is 14.8 Å². The summed E-state index contributed by atoms with van der Waals surface area (Å²) in [5, 5.41) is 3.91.